The summed E-state index contributed by atoms with van der Waals surface area (Å²) in [6, 6.07) is 4.88. The van der Waals surface area contributed by atoms with Crippen molar-refractivity contribution >= 4 is 0 Å². The molecule has 1 unspecified atom stereocenters. The van der Waals surface area contributed by atoms with Crippen LogP contribution in [-0.4, -0.2) is 5.11 Å². The summed E-state index contributed by atoms with van der Waals surface area (Å²) in [6.07, 6.45) is 0.467. The van der Waals surface area contributed by atoms with Crippen LogP contribution in [-0.2, 0) is 6.42 Å². The minimum Gasteiger partial charge on any atom is -0.466 e. The summed E-state index contributed by atoms with van der Waals surface area (Å²) in [5.74, 6) is -0.673. The summed E-state index contributed by atoms with van der Waals surface area (Å²) in [5, 5.41) is 9.88. The van der Waals surface area contributed by atoms with E-state index in [1.54, 1.807) is 13.0 Å². The predicted molar refractivity (Wildman–Crippen MR) is 58.5 cm³/mol. The quantitative estimate of drug-likeness (QED) is 0.891. The van der Waals surface area contributed by atoms with Crippen molar-refractivity contribution in [1.82, 2.24) is 0 Å². The van der Waals surface area contributed by atoms with Gasteiger partial charge in [-0.3, -0.25) is 0 Å². The molecule has 1 aromatic carbocycles. The van der Waals surface area contributed by atoms with Gasteiger partial charge in [0.15, 0.2) is 0 Å². The lowest BCUT2D eigenvalue weighted by Gasteiger charge is -2.10. The normalized spacial score (nSPS) is 12.7. The monoisotopic (exact) mass is 238 g/mol. The van der Waals surface area contributed by atoms with Crippen LogP contribution in [0.5, 0.6) is 0 Å². The topological polar surface area (TPSA) is 33.4 Å². The molecule has 90 valence electrons. The number of benzene rings is 1. The van der Waals surface area contributed by atoms with E-state index in [2.05, 4.69) is 0 Å². The van der Waals surface area contributed by atoms with Gasteiger partial charge in [-0.2, -0.15) is 0 Å². The third-order valence-electron chi connectivity index (χ3n) is 2.63. The lowest BCUT2D eigenvalue weighted by Crippen LogP contribution is -2.04. The van der Waals surface area contributed by atoms with Crippen LogP contribution < -0.4 is 0 Å². The highest BCUT2D eigenvalue weighted by Gasteiger charge is 2.16. The number of hydrogen-bond donors (Lipinski definition) is 1. The summed E-state index contributed by atoms with van der Waals surface area (Å²) in [5.41, 5.74) is 0.919. The predicted octanol–water partition coefficient (Wildman–Crippen LogP) is 3.14. The first-order valence-electron chi connectivity index (χ1n) is 5.24. The number of aliphatic hydroxyl groups excluding tert-OH is 1. The van der Waals surface area contributed by atoms with E-state index in [9.17, 15) is 13.9 Å². The fraction of sp³-hybridized carbons (Fsp3) is 0.231. The van der Waals surface area contributed by atoms with Gasteiger partial charge in [-0.25, -0.2) is 8.78 Å². The zero-order chi connectivity index (χ0) is 12.4. The third kappa shape index (κ3) is 2.53. The molecule has 0 aliphatic heterocycles. The molecule has 2 nitrogen and oxygen atoms in total. The molecule has 17 heavy (non-hydrogen) atoms. The first-order chi connectivity index (χ1) is 8.08. The van der Waals surface area contributed by atoms with Gasteiger partial charge < -0.3 is 9.52 Å². The molecule has 2 rings (SSSR count). The Hall–Kier alpha value is -1.68. The fourth-order valence-electron chi connectivity index (χ4n) is 1.73. The summed E-state index contributed by atoms with van der Waals surface area (Å²) in [4.78, 5) is 0. The Bertz CT molecular complexity index is 520. The van der Waals surface area contributed by atoms with Gasteiger partial charge in [0.05, 0.1) is 6.26 Å². The Morgan fingerprint density at radius 3 is 2.71 bits per heavy atom. The molecule has 0 fully saturated rings. The van der Waals surface area contributed by atoms with E-state index in [1.165, 1.54) is 6.26 Å². The molecular weight excluding hydrogens is 226 g/mol. The maximum absolute atomic E-state index is 13.4. The minimum atomic E-state index is -0.971. The Kier molecular flexibility index (Phi) is 3.24. The van der Waals surface area contributed by atoms with Gasteiger partial charge in [0.1, 0.15) is 23.5 Å². The van der Waals surface area contributed by atoms with Crippen LogP contribution in [0.3, 0.4) is 0 Å². The SMILES string of the molecule is Cc1ccoc1C(O)Cc1cc(F)ccc1F. The van der Waals surface area contributed by atoms with Crippen LogP contribution in [0.1, 0.15) is 23.0 Å². The number of hydrogen-bond acceptors (Lipinski definition) is 2. The number of rotatable bonds is 3. The molecule has 0 saturated heterocycles. The van der Waals surface area contributed by atoms with E-state index >= 15 is 0 Å². The first kappa shape index (κ1) is 11.8. The van der Waals surface area contributed by atoms with E-state index in [0.717, 1.165) is 23.8 Å². The second kappa shape index (κ2) is 4.67. The van der Waals surface area contributed by atoms with E-state index in [4.69, 9.17) is 4.42 Å². The van der Waals surface area contributed by atoms with Gasteiger partial charge in [0, 0.05) is 6.42 Å². The highest BCUT2D eigenvalue weighted by atomic mass is 19.1. The molecule has 0 aliphatic carbocycles. The van der Waals surface area contributed by atoms with Crippen molar-refractivity contribution in [2.45, 2.75) is 19.4 Å². The van der Waals surface area contributed by atoms with Crippen LogP contribution >= 0.6 is 0 Å². The molecule has 1 N–H and O–H groups in total. The standard InChI is InChI=1S/C13H12F2O2/c1-8-4-5-17-13(8)12(16)7-9-6-10(14)2-3-11(9)15/h2-6,12,16H,7H2,1H3. The van der Waals surface area contributed by atoms with E-state index < -0.39 is 17.7 Å². The molecule has 1 atom stereocenters. The number of aliphatic hydroxyl groups is 1. The number of furan rings is 1. The van der Waals surface area contributed by atoms with Crippen molar-refractivity contribution in [2.24, 2.45) is 0 Å². The smallest absolute Gasteiger partial charge is 0.135 e. The molecule has 4 heteroatoms. The van der Waals surface area contributed by atoms with Crippen molar-refractivity contribution in [3.8, 4) is 0 Å². The average molecular weight is 238 g/mol. The Morgan fingerprint density at radius 1 is 1.29 bits per heavy atom. The maximum atomic E-state index is 13.4. The summed E-state index contributed by atoms with van der Waals surface area (Å²) >= 11 is 0. The van der Waals surface area contributed by atoms with Crippen molar-refractivity contribution in [1.29, 1.82) is 0 Å². The molecule has 2 aromatic rings. The molecule has 0 radical (unpaired) electrons. The lowest BCUT2D eigenvalue weighted by atomic mass is 10.0. The van der Waals surface area contributed by atoms with E-state index in [0.29, 0.717) is 5.76 Å². The van der Waals surface area contributed by atoms with E-state index in [1.807, 2.05) is 0 Å². The van der Waals surface area contributed by atoms with Gasteiger partial charge >= 0.3 is 0 Å². The highest BCUT2D eigenvalue weighted by Crippen LogP contribution is 2.23. The van der Waals surface area contributed by atoms with Crippen LogP contribution in [0.25, 0.3) is 0 Å². The third-order valence-corrected chi connectivity index (χ3v) is 2.63. The Morgan fingerprint density at radius 2 is 2.06 bits per heavy atom. The second-order valence-corrected chi connectivity index (χ2v) is 3.92. The zero-order valence-corrected chi connectivity index (χ0v) is 9.28. The molecule has 0 aliphatic rings. The van der Waals surface area contributed by atoms with Crippen molar-refractivity contribution in [3.05, 3.63) is 59.1 Å². The maximum Gasteiger partial charge on any atom is 0.135 e. The molecule has 0 spiro atoms. The Balaban J connectivity index is 2.21. The van der Waals surface area contributed by atoms with Gasteiger partial charge in [-0.15, -0.1) is 0 Å². The Labute approximate surface area is 97.5 Å². The lowest BCUT2D eigenvalue weighted by molar-refractivity contribution is 0.148. The molecular formula is C13H12F2O2. The number of halogens is 2. The number of aryl methyl sites for hydroxylation is 1. The van der Waals surface area contributed by atoms with Gasteiger partial charge in [-0.05, 0) is 42.3 Å². The van der Waals surface area contributed by atoms with Crippen molar-refractivity contribution in [2.75, 3.05) is 0 Å². The summed E-state index contributed by atoms with van der Waals surface area (Å²) < 4.78 is 31.4. The highest BCUT2D eigenvalue weighted by molar-refractivity contribution is 5.23. The van der Waals surface area contributed by atoms with Gasteiger partial charge in [0.25, 0.3) is 0 Å². The van der Waals surface area contributed by atoms with Crippen LogP contribution in [0, 0.1) is 18.6 Å². The van der Waals surface area contributed by atoms with Crippen LogP contribution in [0.4, 0.5) is 8.78 Å². The zero-order valence-electron chi connectivity index (χ0n) is 9.28. The molecule has 0 bridgehead atoms. The van der Waals surface area contributed by atoms with E-state index in [-0.39, 0.29) is 12.0 Å². The van der Waals surface area contributed by atoms with Crippen LogP contribution in [0.15, 0.2) is 34.9 Å². The summed E-state index contributed by atoms with van der Waals surface area (Å²) in [7, 11) is 0. The molecule has 0 saturated carbocycles. The fourth-order valence-corrected chi connectivity index (χ4v) is 1.73. The van der Waals surface area contributed by atoms with Crippen LogP contribution in [0.2, 0.25) is 0 Å². The first-order valence-corrected chi connectivity index (χ1v) is 5.24. The second-order valence-electron chi connectivity index (χ2n) is 3.92. The van der Waals surface area contributed by atoms with Crippen molar-refractivity contribution in [3.63, 3.8) is 0 Å². The molecule has 0 amide bonds. The average Bonchev–Trinajstić information content (AvgIpc) is 2.70. The summed E-state index contributed by atoms with van der Waals surface area (Å²) in [6.45, 7) is 1.78. The van der Waals surface area contributed by atoms with Gasteiger partial charge in [-0.1, -0.05) is 0 Å². The largest absolute Gasteiger partial charge is 0.466 e. The molecule has 1 aromatic heterocycles. The minimum absolute atomic E-state index is 0.0159. The van der Waals surface area contributed by atoms with Gasteiger partial charge in [0.2, 0.25) is 0 Å². The van der Waals surface area contributed by atoms with Crippen molar-refractivity contribution < 1.29 is 18.3 Å². The molecule has 1 heterocycles.